The Bertz CT molecular complexity index is 826. The second-order valence-electron chi connectivity index (χ2n) is 6.42. The summed E-state index contributed by atoms with van der Waals surface area (Å²) in [5, 5.41) is 9.41. The van der Waals surface area contributed by atoms with Crippen LogP contribution in [0.5, 0.6) is 0 Å². The van der Waals surface area contributed by atoms with E-state index in [9.17, 15) is 10.1 Å². The van der Waals surface area contributed by atoms with Gasteiger partial charge in [0.05, 0.1) is 0 Å². The molecule has 0 amide bonds. The van der Waals surface area contributed by atoms with Crippen LogP contribution in [0.25, 0.3) is 11.1 Å². The number of hydrogen-bond acceptors (Lipinski definition) is 4. The second-order valence-corrected chi connectivity index (χ2v) is 6.42. The topological polar surface area (TPSA) is 63.1 Å². The van der Waals surface area contributed by atoms with Crippen LogP contribution in [-0.2, 0) is 6.54 Å². The summed E-state index contributed by atoms with van der Waals surface area (Å²) >= 11 is 0. The number of rotatable bonds is 3. The molecule has 1 aromatic carbocycles. The standard InChI is InChI=1S/C19H22N4O/c1-14-11-17(18(12-20)19(24)21-14)16-6-4-3-5-15(16)13-23-9-7-22(2)8-10-23/h3-6,11H,7-10,13H2,1-2H3,(H,21,24). The predicted molar refractivity (Wildman–Crippen MR) is 94.7 cm³/mol. The summed E-state index contributed by atoms with van der Waals surface area (Å²) in [6.07, 6.45) is 0. The predicted octanol–water partition coefficient (Wildman–Crippen LogP) is 1.97. The summed E-state index contributed by atoms with van der Waals surface area (Å²) in [6.45, 7) is 6.87. The Morgan fingerprint density at radius 2 is 1.88 bits per heavy atom. The lowest BCUT2D eigenvalue weighted by Crippen LogP contribution is -2.43. The van der Waals surface area contributed by atoms with Crippen LogP contribution < -0.4 is 5.56 Å². The highest BCUT2D eigenvalue weighted by Crippen LogP contribution is 2.27. The second kappa shape index (κ2) is 7.00. The van der Waals surface area contributed by atoms with Gasteiger partial charge < -0.3 is 9.88 Å². The third-order valence-corrected chi connectivity index (χ3v) is 4.58. The first-order valence-electron chi connectivity index (χ1n) is 8.21. The molecule has 5 heteroatoms. The van der Waals surface area contributed by atoms with Gasteiger partial charge in [0.15, 0.2) is 0 Å². The monoisotopic (exact) mass is 322 g/mol. The van der Waals surface area contributed by atoms with Crippen molar-refractivity contribution in [3.63, 3.8) is 0 Å². The molecule has 5 nitrogen and oxygen atoms in total. The molecular formula is C19H22N4O. The number of pyridine rings is 1. The molecule has 124 valence electrons. The maximum Gasteiger partial charge on any atom is 0.266 e. The molecular weight excluding hydrogens is 300 g/mol. The Balaban J connectivity index is 1.99. The largest absolute Gasteiger partial charge is 0.325 e. The number of aryl methyl sites for hydroxylation is 1. The summed E-state index contributed by atoms with van der Waals surface area (Å²) in [5.41, 5.74) is 3.49. The van der Waals surface area contributed by atoms with Crippen molar-refractivity contribution in [1.82, 2.24) is 14.8 Å². The maximum absolute atomic E-state index is 12.1. The molecule has 0 atom stereocenters. The molecule has 0 saturated carbocycles. The van der Waals surface area contributed by atoms with E-state index in [1.54, 1.807) is 0 Å². The fraction of sp³-hybridized carbons (Fsp3) is 0.368. The van der Waals surface area contributed by atoms with E-state index in [-0.39, 0.29) is 11.1 Å². The molecule has 2 heterocycles. The number of piperazine rings is 1. The Hall–Kier alpha value is -2.42. The number of nitriles is 1. The van der Waals surface area contributed by atoms with Crippen LogP contribution in [0.3, 0.4) is 0 Å². The van der Waals surface area contributed by atoms with Gasteiger partial charge in [-0.05, 0) is 31.2 Å². The van der Waals surface area contributed by atoms with Gasteiger partial charge in [-0.25, -0.2) is 0 Å². The Kier molecular flexibility index (Phi) is 4.79. The van der Waals surface area contributed by atoms with Crippen LogP contribution in [0.1, 0.15) is 16.8 Å². The van der Waals surface area contributed by atoms with Gasteiger partial charge in [0.2, 0.25) is 0 Å². The van der Waals surface area contributed by atoms with Crippen molar-refractivity contribution in [2.45, 2.75) is 13.5 Å². The molecule has 1 aliphatic heterocycles. The molecule has 0 aliphatic carbocycles. The minimum absolute atomic E-state index is 0.187. The van der Waals surface area contributed by atoms with Crippen LogP contribution >= 0.6 is 0 Å². The minimum Gasteiger partial charge on any atom is -0.325 e. The third-order valence-electron chi connectivity index (χ3n) is 4.58. The number of nitrogens with zero attached hydrogens (tertiary/aromatic N) is 3. The summed E-state index contributed by atoms with van der Waals surface area (Å²) in [7, 11) is 2.14. The molecule has 1 saturated heterocycles. The smallest absolute Gasteiger partial charge is 0.266 e. The summed E-state index contributed by atoms with van der Waals surface area (Å²) in [5.74, 6) is 0. The lowest BCUT2D eigenvalue weighted by atomic mass is 9.96. The number of benzene rings is 1. The van der Waals surface area contributed by atoms with Crippen molar-refractivity contribution in [2.75, 3.05) is 33.2 Å². The number of aromatic nitrogens is 1. The average Bonchev–Trinajstić information content (AvgIpc) is 2.57. The number of aromatic amines is 1. The first kappa shape index (κ1) is 16.4. The summed E-state index contributed by atoms with van der Waals surface area (Å²) < 4.78 is 0. The van der Waals surface area contributed by atoms with E-state index in [1.807, 2.05) is 31.2 Å². The van der Waals surface area contributed by atoms with E-state index in [4.69, 9.17) is 0 Å². The van der Waals surface area contributed by atoms with E-state index >= 15 is 0 Å². The van der Waals surface area contributed by atoms with Crippen molar-refractivity contribution in [3.8, 4) is 17.2 Å². The molecule has 24 heavy (non-hydrogen) atoms. The Labute approximate surface area is 142 Å². The average molecular weight is 322 g/mol. The van der Waals surface area contributed by atoms with Gasteiger partial charge in [-0.15, -0.1) is 0 Å². The lowest BCUT2D eigenvalue weighted by molar-refractivity contribution is 0.148. The normalized spacial score (nSPS) is 16.0. The van der Waals surface area contributed by atoms with Gasteiger partial charge >= 0.3 is 0 Å². The highest BCUT2D eigenvalue weighted by atomic mass is 16.1. The van der Waals surface area contributed by atoms with Crippen LogP contribution in [0.4, 0.5) is 0 Å². The molecule has 1 aromatic heterocycles. The SMILES string of the molecule is Cc1cc(-c2ccccc2CN2CCN(C)CC2)c(C#N)c(=O)[nH]1. The number of hydrogen-bond donors (Lipinski definition) is 1. The molecule has 1 aliphatic rings. The van der Waals surface area contributed by atoms with Crippen LogP contribution in [-0.4, -0.2) is 48.0 Å². The van der Waals surface area contributed by atoms with Crippen molar-refractivity contribution in [2.24, 2.45) is 0 Å². The van der Waals surface area contributed by atoms with E-state index in [0.29, 0.717) is 0 Å². The summed E-state index contributed by atoms with van der Waals surface area (Å²) in [4.78, 5) is 19.6. The molecule has 0 radical (unpaired) electrons. The molecule has 0 unspecified atom stereocenters. The highest BCUT2D eigenvalue weighted by Gasteiger charge is 2.17. The third kappa shape index (κ3) is 3.40. The fourth-order valence-corrected chi connectivity index (χ4v) is 3.18. The zero-order chi connectivity index (χ0) is 17.1. The van der Waals surface area contributed by atoms with Gasteiger partial charge in [-0.3, -0.25) is 9.69 Å². The van der Waals surface area contributed by atoms with Gasteiger partial charge in [-0.1, -0.05) is 24.3 Å². The van der Waals surface area contributed by atoms with Crippen molar-refractivity contribution in [1.29, 1.82) is 5.26 Å². The van der Waals surface area contributed by atoms with Crippen LogP contribution in [0.15, 0.2) is 35.1 Å². The Morgan fingerprint density at radius 3 is 2.58 bits per heavy atom. The number of likely N-dealkylation sites (N-methyl/N-ethyl adjacent to an activating group) is 1. The van der Waals surface area contributed by atoms with Crippen molar-refractivity contribution >= 4 is 0 Å². The molecule has 1 fully saturated rings. The van der Waals surface area contributed by atoms with Gasteiger partial charge in [0.1, 0.15) is 11.6 Å². The van der Waals surface area contributed by atoms with Crippen LogP contribution in [0, 0.1) is 18.3 Å². The fourth-order valence-electron chi connectivity index (χ4n) is 3.18. The van der Waals surface area contributed by atoms with Gasteiger partial charge in [0.25, 0.3) is 5.56 Å². The van der Waals surface area contributed by atoms with Crippen molar-refractivity contribution < 1.29 is 0 Å². The zero-order valence-electron chi connectivity index (χ0n) is 14.2. The molecule has 0 spiro atoms. The molecule has 0 bridgehead atoms. The molecule has 1 N–H and O–H groups in total. The summed E-state index contributed by atoms with van der Waals surface area (Å²) in [6, 6.07) is 12.0. The first-order chi connectivity index (χ1) is 11.6. The number of nitrogens with one attached hydrogen (secondary N) is 1. The van der Waals surface area contributed by atoms with Gasteiger partial charge in [0, 0.05) is 44.0 Å². The number of H-pyrrole nitrogens is 1. The van der Waals surface area contributed by atoms with Gasteiger partial charge in [-0.2, -0.15) is 5.26 Å². The van der Waals surface area contributed by atoms with Crippen LogP contribution in [0.2, 0.25) is 0 Å². The molecule has 3 rings (SSSR count). The van der Waals surface area contributed by atoms with E-state index in [1.165, 1.54) is 0 Å². The van der Waals surface area contributed by atoms with E-state index in [0.717, 1.165) is 55.1 Å². The van der Waals surface area contributed by atoms with E-state index in [2.05, 4.69) is 34.0 Å². The molecule has 2 aromatic rings. The first-order valence-corrected chi connectivity index (χ1v) is 8.21. The van der Waals surface area contributed by atoms with E-state index < -0.39 is 0 Å². The highest BCUT2D eigenvalue weighted by molar-refractivity contribution is 5.73. The lowest BCUT2D eigenvalue weighted by Gasteiger charge is -2.32. The maximum atomic E-state index is 12.1. The Morgan fingerprint density at radius 1 is 1.17 bits per heavy atom. The van der Waals surface area contributed by atoms with Crippen molar-refractivity contribution in [3.05, 3.63) is 57.5 Å². The zero-order valence-corrected chi connectivity index (χ0v) is 14.2. The quantitative estimate of drug-likeness (QED) is 0.938. The minimum atomic E-state index is -0.318.